The maximum absolute atomic E-state index is 14.8. The van der Waals surface area contributed by atoms with Gasteiger partial charge in [0.1, 0.15) is 36.3 Å². The Morgan fingerprint density at radius 2 is 1.05 bits per heavy atom. The number of aliphatic hydroxyl groups is 1. The number of carbonyl (C=O) groups excluding carboxylic acids is 7. The standard InChI is InChI=1S/C55H68ClN9O8/c1-35(66)49-55(73)64-44(30-36-16-6-4-7-17-36)50(68)58-29-15-3-2-10-23-48(67)60-45(31-37-18-8-5-9-19-37)52(70)62-46(32-38-24-26-40(56)27-25-38)53(71)63-47(33-39-34-59-42-21-12-11-20-41(39)42)54(72)61-43(51(69)65-49)22-13-14-28-57/h4-9,11-12,16-21,24-27,34-35,43-47,49,59,66H,2-3,10,13-15,22-23,28-33,57H2,1H3,(H,58,68)(H,60,67)(H,61,72)(H,62,70)(H,63,71)(H,64,73)(H,65,69)/t35-,43+,44+,45+,46+,47-,49+/m1/s1. The number of aromatic amines is 1. The molecule has 1 aliphatic heterocycles. The number of halogens is 1. The summed E-state index contributed by atoms with van der Waals surface area (Å²) in [5, 5.41) is 32.0. The molecule has 18 heteroatoms. The lowest BCUT2D eigenvalue weighted by Crippen LogP contribution is -2.61. The molecule has 6 rings (SSSR count). The van der Waals surface area contributed by atoms with Crippen LogP contribution in [-0.2, 0) is 59.2 Å². The molecule has 0 bridgehead atoms. The van der Waals surface area contributed by atoms with E-state index in [1.54, 1.807) is 30.5 Å². The molecule has 5 aromatic rings. The molecule has 11 N–H and O–H groups in total. The fourth-order valence-corrected chi connectivity index (χ4v) is 8.90. The van der Waals surface area contributed by atoms with Crippen LogP contribution in [0.1, 0.15) is 80.5 Å². The zero-order valence-electron chi connectivity index (χ0n) is 41.2. The highest BCUT2D eigenvalue weighted by molar-refractivity contribution is 6.30. The van der Waals surface area contributed by atoms with Gasteiger partial charge in [-0.1, -0.05) is 115 Å². The van der Waals surface area contributed by atoms with E-state index in [0.29, 0.717) is 61.2 Å². The maximum atomic E-state index is 14.8. The summed E-state index contributed by atoms with van der Waals surface area (Å²) in [5.74, 6) is -4.55. The summed E-state index contributed by atoms with van der Waals surface area (Å²) in [7, 11) is 0. The van der Waals surface area contributed by atoms with E-state index in [9.17, 15) is 38.7 Å². The van der Waals surface area contributed by atoms with Crippen LogP contribution < -0.4 is 43.0 Å². The molecule has 0 spiro atoms. The minimum Gasteiger partial charge on any atom is -0.391 e. The third kappa shape index (κ3) is 17.3. The Morgan fingerprint density at radius 1 is 0.548 bits per heavy atom. The van der Waals surface area contributed by atoms with Crippen LogP contribution in [0.2, 0.25) is 5.02 Å². The van der Waals surface area contributed by atoms with E-state index >= 15 is 0 Å². The predicted octanol–water partition coefficient (Wildman–Crippen LogP) is 3.59. The average molecular weight is 1020 g/mol. The largest absolute Gasteiger partial charge is 0.391 e. The summed E-state index contributed by atoms with van der Waals surface area (Å²) in [6.45, 7) is 1.90. The number of rotatable bonds is 13. The number of fused-ring (bicyclic) bond motifs is 1. The number of carbonyl (C=O) groups is 7. The van der Waals surface area contributed by atoms with Gasteiger partial charge in [-0.2, -0.15) is 0 Å². The Morgan fingerprint density at radius 3 is 1.67 bits per heavy atom. The molecule has 4 aromatic carbocycles. The highest BCUT2D eigenvalue weighted by atomic mass is 35.5. The normalized spacial score (nSPS) is 22.2. The summed E-state index contributed by atoms with van der Waals surface area (Å²) in [4.78, 5) is 103. The Kier molecular flexibility index (Phi) is 21.4. The summed E-state index contributed by atoms with van der Waals surface area (Å²) in [6, 6.07) is 24.8. The van der Waals surface area contributed by atoms with E-state index in [-0.39, 0.29) is 51.0 Å². The van der Waals surface area contributed by atoms with Gasteiger partial charge < -0.3 is 53.0 Å². The van der Waals surface area contributed by atoms with Crippen molar-refractivity contribution in [1.29, 1.82) is 0 Å². The topological polar surface area (TPSA) is 266 Å². The molecule has 388 valence electrons. The third-order valence-electron chi connectivity index (χ3n) is 12.8. The van der Waals surface area contributed by atoms with Crippen LogP contribution in [0.25, 0.3) is 10.9 Å². The fourth-order valence-electron chi connectivity index (χ4n) is 8.78. The summed E-state index contributed by atoms with van der Waals surface area (Å²) >= 11 is 6.23. The predicted molar refractivity (Wildman–Crippen MR) is 280 cm³/mol. The highest BCUT2D eigenvalue weighted by Gasteiger charge is 2.35. The second-order valence-electron chi connectivity index (χ2n) is 18.6. The molecule has 1 aromatic heterocycles. The van der Waals surface area contributed by atoms with Gasteiger partial charge in [0.15, 0.2) is 0 Å². The third-order valence-corrected chi connectivity index (χ3v) is 13.1. The molecule has 1 fully saturated rings. The summed E-state index contributed by atoms with van der Waals surface area (Å²) < 4.78 is 0. The quantitative estimate of drug-likeness (QED) is 0.0772. The first-order chi connectivity index (χ1) is 35.3. The van der Waals surface area contributed by atoms with Crippen LogP contribution in [0.15, 0.2) is 115 Å². The number of unbranched alkanes of at least 4 members (excludes halogenated alkanes) is 1. The first kappa shape index (κ1) is 55.2. The lowest BCUT2D eigenvalue weighted by molar-refractivity contribution is -0.136. The van der Waals surface area contributed by atoms with E-state index in [0.717, 1.165) is 22.0 Å². The molecular formula is C55H68ClN9O8. The SMILES string of the molecule is C[C@@H](O)[C@@H]1NC(=O)[C@H](CCCCN)NC(=O)[C@@H](Cc2c[nH]c3ccccc23)NC(=O)[C@H](Cc2ccc(Cl)cc2)NC(=O)[C@H](Cc2ccccc2)NC(=O)CCCCCCNC(=O)[C@H](Cc2ccccc2)NC1=O. The molecule has 73 heavy (non-hydrogen) atoms. The van der Waals surface area contributed by atoms with E-state index < -0.39 is 77.8 Å². The number of nitrogens with two attached hydrogens (primary N) is 1. The van der Waals surface area contributed by atoms with Crippen molar-refractivity contribution < 1.29 is 38.7 Å². The number of hydrogen-bond acceptors (Lipinski definition) is 9. The van der Waals surface area contributed by atoms with Gasteiger partial charge in [0.05, 0.1) is 6.10 Å². The van der Waals surface area contributed by atoms with Crippen LogP contribution in [0.3, 0.4) is 0 Å². The van der Waals surface area contributed by atoms with Gasteiger partial charge >= 0.3 is 0 Å². The molecule has 0 unspecified atom stereocenters. The van der Waals surface area contributed by atoms with Crippen LogP contribution >= 0.6 is 11.6 Å². The zero-order chi connectivity index (χ0) is 52.1. The van der Waals surface area contributed by atoms with Crippen LogP contribution in [0.5, 0.6) is 0 Å². The van der Waals surface area contributed by atoms with Gasteiger partial charge in [0.25, 0.3) is 0 Å². The second-order valence-corrected chi connectivity index (χ2v) is 19.0. The van der Waals surface area contributed by atoms with Crippen molar-refractivity contribution in [3.8, 4) is 0 Å². The van der Waals surface area contributed by atoms with E-state index in [4.69, 9.17) is 17.3 Å². The number of nitrogens with one attached hydrogen (secondary N) is 8. The zero-order valence-corrected chi connectivity index (χ0v) is 41.9. The van der Waals surface area contributed by atoms with Gasteiger partial charge in [-0.3, -0.25) is 33.6 Å². The van der Waals surface area contributed by atoms with Gasteiger partial charge in [0, 0.05) is 60.8 Å². The van der Waals surface area contributed by atoms with Crippen molar-refractivity contribution in [2.75, 3.05) is 13.1 Å². The molecule has 0 radical (unpaired) electrons. The number of para-hydroxylation sites is 1. The van der Waals surface area contributed by atoms with E-state index in [1.165, 1.54) is 6.92 Å². The van der Waals surface area contributed by atoms with Gasteiger partial charge in [-0.25, -0.2) is 0 Å². The highest BCUT2D eigenvalue weighted by Crippen LogP contribution is 2.20. The van der Waals surface area contributed by atoms with Gasteiger partial charge in [-0.05, 0) is 86.0 Å². The van der Waals surface area contributed by atoms with E-state index in [1.807, 2.05) is 84.9 Å². The molecular weight excluding hydrogens is 950 g/mol. The van der Waals surface area contributed by atoms with Crippen molar-refractivity contribution in [3.63, 3.8) is 0 Å². The monoisotopic (exact) mass is 1020 g/mol. The lowest BCUT2D eigenvalue weighted by Gasteiger charge is -2.28. The van der Waals surface area contributed by atoms with Gasteiger partial charge in [0.2, 0.25) is 41.4 Å². The number of hydrogen-bond donors (Lipinski definition) is 10. The maximum Gasteiger partial charge on any atom is 0.245 e. The summed E-state index contributed by atoms with van der Waals surface area (Å²) in [6.07, 6.45) is 3.87. The first-order valence-corrected chi connectivity index (χ1v) is 25.5. The molecule has 7 atom stereocenters. The number of aromatic nitrogens is 1. The first-order valence-electron chi connectivity index (χ1n) is 25.1. The molecule has 1 aliphatic rings. The molecule has 7 amide bonds. The van der Waals surface area contributed by atoms with Gasteiger partial charge in [-0.15, -0.1) is 0 Å². The van der Waals surface area contributed by atoms with Crippen molar-refractivity contribution in [2.45, 2.75) is 126 Å². The van der Waals surface area contributed by atoms with Crippen molar-refractivity contribution >= 4 is 63.9 Å². The smallest absolute Gasteiger partial charge is 0.245 e. The van der Waals surface area contributed by atoms with Crippen molar-refractivity contribution in [2.24, 2.45) is 5.73 Å². The minimum atomic E-state index is -1.55. The lowest BCUT2D eigenvalue weighted by atomic mass is 10.00. The van der Waals surface area contributed by atoms with Crippen LogP contribution in [-0.4, -0.2) is 107 Å². The minimum absolute atomic E-state index is 0.0260. The fraction of sp³-hybridized carbons (Fsp3) is 0.400. The Labute approximate surface area is 430 Å². The average Bonchev–Trinajstić information content (AvgIpc) is 3.79. The van der Waals surface area contributed by atoms with Crippen LogP contribution in [0.4, 0.5) is 0 Å². The molecule has 1 saturated heterocycles. The number of amides is 7. The van der Waals surface area contributed by atoms with Crippen molar-refractivity contribution in [1.82, 2.24) is 42.2 Å². The van der Waals surface area contributed by atoms with E-state index in [2.05, 4.69) is 42.2 Å². The molecule has 2 heterocycles. The Bertz CT molecular complexity index is 2610. The van der Waals surface area contributed by atoms with Crippen molar-refractivity contribution in [3.05, 3.63) is 143 Å². The Balaban J connectivity index is 1.36. The number of H-pyrrole nitrogens is 1. The Hall–Kier alpha value is -7.08. The summed E-state index contributed by atoms with van der Waals surface area (Å²) in [5.41, 5.74) is 9.47. The second kappa shape index (κ2) is 28.2. The molecule has 0 saturated carbocycles. The van der Waals surface area contributed by atoms with Crippen LogP contribution in [0, 0.1) is 0 Å². The number of benzene rings is 4. The number of aliphatic hydroxyl groups excluding tert-OH is 1. The molecule has 0 aliphatic carbocycles. The molecule has 17 nitrogen and oxygen atoms in total.